The minimum Gasteiger partial charge on any atom is -0.484 e. The van der Waals surface area contributed by atoms with Gasteiger partial charge in [-0.2, -0.15) is 5.10 Å². The summed E-state index contributed by atoms with van der Waals surface area (Å²) in [4.78, 5) is 0. The number of hydrogen-bond acceptors (Lipinski definition) is 3. The van der Waals surface area contributed by atoms with Crippen LogP contribution in [0.2, 0.25) is 10.0 Å². The molecule has 1 aromatic carbocycles. The molecule has 0 aliphatic heterocycles. The fourth-order valence-corrected chi connectivity index (χ4v) is 3.30. The second-order valence-electron chi connectivity index (χ2n) is 4.48. The third kappa shape index (κ3) is 3.47. The van der Waals surface area contributed by atoms with Gasteiger partial charge in [-0.15, -0.1) is 0 Å². The Morgan fingerprint density at radius 3 is 2.43 bits per heavy atom. The number of rotatable bonds is 5. The van der Waals surface area contributed by atoms with E-state index in [9.17, 15) is 0 Å². The smallest absolute Gasteiger partial charge is 0.157 e. The number of nitrogens with two attached hydrogens (primary N) is 1. The van der Waals surface area contributed by atoms with Crippen LogP contribution < -0.4 is 10.5 Å². The van der Waals surface area contributed by atoms with Crippen LogP contribution in [0.3, 0.4) is 0 Å². The lowest BCUT2D eigenvalue weighted by molar-refractivity contribution is 0.292. The van der Waals surface area contributed by atoms with Crippen LogP contribution in [-0.2, 0) is 19.6 Å². The number of ether oxygens (including phenoxy) is 1. The molecule has 1 heterocycles. The van der Waals surface area contributed by atoms with Crippen molar-refractivity contribution in [2.24, 2.45) is 0 Å². The molecule has 0 atom stereocenters. The Balaban J connectivity index is 2.26. The van der Waals surface area contributed by atoms with Crippen molar-refractivity contribution in [3.05, 3.63) is 38.0 Å². The van der Waals surface area contributed by atoms with Crippen molar-refractivity contribution in [3.63, 3.8) is 0 Å². The molecular formula is C14H16BrCl2N3O. The van der Waals surface area contributed by atoms with Gasteiger partial charge in [0.15, 0.2) is 5.75 Å². The number of aryl methyl sites for hydroxylation is 2. The summed E-state index contributed by atoms with van der Waals surface area (Å²) in [5.41, 5.74) is 8.15. The zero-order chi connectivity index (χ0) is 15.6. The highest BCUT2D eigenvalue weighted by molar-refractivity contribution is 9.10. The predicted octanol–water partition coefficient (Wildman–Crippen LogP) is 4.70. The quantitative estimate of drug-likeness (QED) is 0.750. The van der Waals surface area contributed by atoms with E-state index in [1.807, 2.05) is 11.6 Å². The Morgan fingerprint density at radius 1 is 1.29 bits per heavy atom. The van der Waals surface area contributed by atoms with Gasteiger partial charge in [0.2, 0.25) is 0 Å². The first-order chi connectivity index (χ1) is 9.97. The maximum Gasteiger partial charge on any atom is 0.157 e. The number of benzene rings is 1. The minimum atomic E-state index is 0.324. The van der Waals surface area contributed by atoms with E-state index in [0.717, 1.165) is 28.8 Å². The van der Waals surface area contributed by atoms with Crippen molar-refractivity contribution in [1.82, 2.24) is 9.78 Å². The van der Waals surface area contributed by atoms with Crippen molar-refractivity contribution in [2.45, 2.75) is 33.4 Å². The Labute approximate surface area is 142 Å². The number of nitrogens with zero attached hydrogens (tertiary/aromatic N) is 2. The van der Waals surface area contributed by atoms with Gasteiger partial charge in [0.05, 0.1) is 25.9 Å². The molecule has 4 nitrogen and oxygen atoms in total. The molecule has 0 amide bonds. The second kappa shape index (κ2) is 6.90. The summed E-state index contributed by atoms with van der Waals surface area (Å²) in [6.07, 6.45) is 0.851. The molecule has 0 fully saturated rings. The minimum absolute atomic E-state index is 0.324. The third-order valence-electron chi connectivity index (χ3n) is 3.07. The van der Waals surface area contributed by atoms with Gasteiger partial charge in [0.25, 0.3) is 0 Å². The van der Waals surface area contributed by atoms with Crippen LogP contribution in [0.4, 0.5) is 5.69 Å². The Kier molecular flexibility index (Phi) is 5.41. The maximum absolute atomic E-state index is 6.12. The van der Waals surface area contributed by atoms with Crippen LogP contribution in [0.1, 0.15) is 25.2 Å². The molecule has 2 N–H and O–H groups in total. The van der Waals surface area contributed by atoms with Gasteiger partial charge in [-0.25, -0.2) is 0 Å². The molecule has 0 spiro atoms. The summed E-state index contributed by atoms with van der Waals surface area (Å²) in [5, 5.41) is 5.32. The molecule has 2 aromatic rings. The molecule has 1 aromatic heterocycles. The van der Waals surface area contributed by atoms with Gasteiger partial charge in [0.1, 0.15) is 6.61 Å². The van der Waals surface area contributed by atoms with Crippen molar-refractivity contribution in [1.29, 1.82) is 0 Å². The summed E-state index contributed by atoms with van der Waals surface area (Å²) in [6.45, 7) is 5.18. The number of halogens is 3. The fraction of sp³-hybridized carbons (Fsp3) is 0.357. The molecule has 114 valence electrons. The first-order valence-electron chi connectivity index (χ1n) is 6.59. The fourth-order valence-electron chi connectivity index (χ4n) is 2.01. The summed E-state index contributed by atoms with van der Waals surface area (Å²) in [5.74, 6) is 0.432. The molecule has 0 radical (unpaired) electrons. The summed E-state index contributed by atoms with van der Waals surface area (Å²) in [6, 6.07) is 3.23. The molecule has 0 bridgehead atoms. The van der Waals surface area contributed by atoms with E-state index in [1.54, 1.807) is 12.1 Å². The first kappa shape index (κ1) is 16.5. The molecule has 21 heavy (non-hydrogen) atoms. The SMILES string of the molecule is CCc1nn(CC)c(COc2c(Cl)cc(N)cc2Cl)c1Br. The lowest BCUT2D eigenvalue weighted by Gasteiger charge is -2.12. The van der Waals surface area contributed by atoms with Crippen LogP contribution in [-0.4, -0.2) is 9.78 Å². The van der Waals surface area contributed by atoms with Crippen molar-refractivity contribution in [2.75, 3.05) is 5.73 Å². The number of nitrogen functional groups attached to an aromatic ring is 1. The predicted molar refractivity (Wildman–Crippen MR) is 90.2 cm³/mol. The topological polar surface area (TPSA) is 53.1 Å². The monoisotopic (exact) mass is 391 g/mol. The van der Waals surface area contributed by atoms with Crippen molar-refractivity contribution in [3.8, 4) is 5.75 Å². The largest absolute Gasteiger partial charge is 0.484 e. The molecule has 0 aliphatic carbocycles. The Morgan fingerprint density at radius 2 is 1.90 bits per heavy atom. The van der Waals surface area contributed by atoms with Gasteiger partial charge >= 0.3 is 0 Å². The van der Waals surface area contributed by atoms with E-state index in [2.05, 4.69) is 28.0 Å². The molecular weight excluding hydrogens is 377 g/mol. The highest BCUT2D eigenvalue weighted by Gasteiger charge is 2.16. The molecule has 0 saturated carbocycles. The van der Waals surface area contributed by atoms with E-state index < -0.39 is 0 Å². The summed E-state index contributed by atoms with van der Waals surface area (Å²) >= 11 is 15.8. The van der Waals surface area contributed by atoms with Crippen LogP contribution in [0, 0.1) is 0 Å². The number of hydrogen-bond donors (Lipinski definition) is 1. The van der Waals surface area contributed by atoms with Crippen molar-refractivity contribution >= 4 is 44.8 Å². The van der Waals surface area contributed by atoms with Crippen LogP contribution >= 0.6 is 39.1 Å². The summed E-state index contributed by atoms with van der Waals surface area (Å²) in [7, 11) is 0. The normalized spacial score (nSPS) is 10.9. The van der Waals surface area contributed by atoms with E-state index in [1.165, 1.54) is 0 Å². The standard InChI is InChI=1S/C14H16BrCl2N3O/c1-3-11-13(15)12(20(4-2)19-11)7-21-14-9(16)5-8(18)6-10(14)17/h5-6H,3-4,7,18H2,1-2H3. The molecule has 0 unspecified atom stereocenters. The van der Waals surface area contributed by atoms with E-state index >= 15 is 0 Å². The van der Waals surface area contributed by atoms with Crippen LogP contribution in [0.15, 0.2) is 16.6 Å². The third-order valence-corrected chi connectivity index (χ3v) is 4.54. The zero-order valence-corrected chi connectivity index (χ0v) is 14.9. The average molecular weight is 393 g/mol. The van der Waals surface area contributed by atoms with Crippen LogP contribution in [0.25, 0.3) is 0 Å². The van der Waals surface area contributed by atoms with Gasteiger partial charge in [-0.3, -0.25) is 4.68 Å². The van der Waals surface area contributed by atoms with Crippen LogP contribution in [0.5, 0.6) is 5.75 Å². The summed E-state index contributed by atoms with van der Waals surface area (Å²) < 4.78 is 8.65. The second-order valence-corrected chi connectivity index (χ2v) is 6.09. The van der Waals surface area contributed by atoms with E-state index in [-0.39, 0.29) is 0 Å². The van der Waals surface area contributed by atoms with Crippen molar-refractivity contribution < 1.29 is 4.74 Å². The van der Waals surface area contributed by atoms with E-state index in [0.29, 0.717) is 28.1 Å². The van der Waals surface area contributed by atoms with Gasteiger partial charge in [-0.05, 0) is 41.4 Å². The first-order valence-corrected chi connectivity index (χ1v) is 8.14. The highest BCUT2D eigenvalue weighted by Crippen LogP contribution is 2.36. The molecule has 7 heteroatoms. The molecule has 0 aliphatic rings. The number of anilines is 1. The lowest BCUT2D eigenvalue weighted by Crippen LogP contribution is -2.07. The van der Waals surface area contributed by atoms with Gasteiger partial charge < -0.3 is 10.5 Å². The Bertz CT molecular complexity index is 635. The molecule has 2 rings (SSSR count). The molecule has 0 saturated heterocycles. The average Bonchev–Trinajstić information content (AvgIpc) is 2.73. The lowest BCUT2D eigenvalue weighted by atomic mass is 10.3. The highest BCUT2D eigenvalue weighted by atomic mass is 79.9. The maximum atomic E-state index is 6.12. The van der Waals surface area contributed by atoms with Gasteiger partial charge in [0, 0.05) is 12.2 Å². The van der Waals surface area contributed by atoms with E-state index in [4.69, 9.17) is 33.7 Å². The zero-order valence-electron chi connectivity index (χ0n) is 11.8. The van der Waals surface area contributed by atoms with Gasteiger partial charge in [-0.1, -0.05) is 30.1 Å². The number of aromatic nitrogens is 2. The Hall–Kier alpha value is -0.910.